The molecule has 0 spiro atoms. The third kappa shape index (κ3) is 1.57. The first-order valence-electron chi connectivity index (χ1n) is 7.06. The topological polar surface area (TPSA) is 65.1 Å². The van der Waals surface area contributed by atoms with E-state index in [1.54, 1.807) is 0 Å². The molecule has 0 aromatic carbocycles. The summed E-state index contributed by atoms with van der Waals surface area (Å²) < 4.78 is 16.7. The van der Waals surface area contributed by atoms with Gasteiger partial charge in [0.15, 0.2) is 0 Å². The molecule has 0 amide bonds. The van der Waals surface area contributed by atoms with Crippen LogP contribution in [0, 0.1) is 23.7 Å². The van der Waals surface area contributed by atoms with Gasteiger partial charge in [-0.05, 0) is 24.7 Å². The number of ether oxygens (including phenoxy) is 3. The lowest BCUT2D eigenvalue weighted by molar-refractivity contribution is -0.151. The van der Waals surface area contributed by atoms with Gasteiger partial charge < -0.3 is 14.2 Å². The largest absolute Gasteiger partial charge is 0.462 e. The van der Waals surface area contributed by atoms with Gasteiger partial charge in [0.1, 0.15) is 12.2 Å². The van der Waals surface area contributed by atoms with Gasteiger partial charge in [-0.25, -0.2) is 0 Å². The van der Waals surface area contributed by atoms with Crippen molar-refractivity contribution in [3.8, 4) is 0 Å². The molecule has 4 fully saturated rings. The Balaban J connectivity index is 1.58. The SMILES string of the molecule is CC(=O)O[C@H]1C[C@H]2[C@H]3O[C@H]3[C@@H]3[C@@H]2[C@H]1C[C@H]3OC(C)=O. The Kier molecular flexibility index (Phi) is 2.29. The molecular weight excluding hydrogens is 248 g/mol. The van der Waals surface area contributed by atoms with Crippen molar-refractivity contribution in [2.45, 2.75) is 51.1 Å². The van der Waals surface area contributed by atoms with Crippen LogP contribution in [0.5, 0.6) is 0 Å². The van der Waals surface area contributed by atoms with Gasteiger partial charge in [-0.2, -0.15) is 0 Å². The van der Waals surface area contributed by atoms with Gasteiger partial charge in [-0.15, -0.1) is 0 Å². The van der Waals surface area contributed by atoms with Crippen molar-refractivity contribution >= 4 is 11.9 Å². The maximum absolute atomic E-state index is 11.2. The fourth-order valence-electron chi connectivity index (χ4n) is 4.98. The zero-order chi connectivity index (χ0) is 13.3. The number of epoxide rings is 1. The predicted octanol–water partition coefficient (Wildman–Crippen LogP) is 0.903. The summed E-state index contributed by atoms with van der Waals surface area (Å²) in [5.41, 5.74) is 0. The molecule has 4 aliphatic rings. The minimum atomic E-state index is -0.227. The molecule has 8 atom stereocenters. The van der Waals surface area contributed by atoms with Gasteiger partial charge in [-0.1, -0.05) is 0 Å². The molecule has 0 bridgehead atoms. The Morgan fingerprint density at radius 1 is 0.895 bits per heavy atom. The molecule has 4 rings (SSSR count). The standard InChI is InChI=1S/C14H18O5/c1-5(15)17-9-4-8-11-7(9)3-10(18-6(2)16)12(11)14-13(8)19-14/h7-14H,3-4H2,1-2H3/t7-,8+,9-,10+,11+,12-,13+,14-/m0/s1. The third-order valence-corrected chi connectivity index (χ3v) is 5.35. The highest BCUT2D eigenvalue weighted by molar-refractivity contribution is 5.66. The second-order valence-corrected chi connectivity index (χ2v) is 6.31. The molecule has 3 aliphatic carbocycles. The minimum Gasteiger partial charge on any atom is -0.462 e. The first kappa shape index (κ1) is 11.7. The smallest absolute Gasteiger partial charge is 0.302 e. The fourth-order valence-corrected chi connectivity index (χ4v) is 4.98. The molecule has 1 heterocycles. The van der Waals surface area contributed by atoms with E-state index in [0.717, 1.165) is 12.8 Å². The van der Waals surface area contributed by atoms with Crippen LogP contribution in [0.1, 0.15) is 26.7 Å². The van der Waals surface area contributed by atoms with Gasteiger partial charge in [0.05, 0.1) is 12.2 Å². The lowest BCUT2D eigenvalue weighted by Gasteiger charge is -2.21. The van der Waals surface area contributed by atoms with Crippen LogP contribution >= 0.6 is 0 Å². The predicted molar refractivity (Wildman–Crippen MR) is 63.0 cm³/mol. The minimum absolute atomic E-state index is 0.0132. The molecule has 1 aliphatic heterocycles. The molecule has 0 unspecified atom stereocenters. The zero-order valence-electron chi connectivity index (χ0n) is 11.1. The second kappa shape index (κ2) is 3.72. The van der Waals surface area contributed by atoms with Gasteiger partial charge >= 0.3 is 11.9 Å². The molecule has 104 valence electrons. The van der Waals surface area contributed by atoms with E-state index >= 15 is 0 Å². The average Bonchev–Trinajstić information content (AvgIpc) is 2.72. The van der Waals surface area contributed by atoms with E-state index in [2.05, 4.69) is 0 Å². The molecule has 0 radical (unpaired) electrons. The highest BCUT2D eigenvalue weighted by atomic mass is 16.6. The monoisotopic (exact) mass is 266 g/mol. The van der Waals surface area contributed by atoms with Crippen LogP contribution in [0.15, 0.2) is 0 Å². The van der Waals surface area contributed by atoms with Crippen molar-refractivity contribution in [3.05, 3.63) is 0 Å². The van der Waals surface area contributed by atoms with Gasteiger partial charge in [0.25, 0.3) is 0 Å². The summed E-state index contributed by atoms with van der Waals surface area (Å²) in [6.07, 6.45) is 2.26. The van der Waals surface area contributed by atoms with Gasteiger partial charge in [0, 0.05) is 25.7 Å². The van der Waals surface area contributed by atoms with E-state index in [1.807, 2.05) is 0 Å². The highest BCUT2D eigenvalue weighted by Crippen LogP contribution is 2.66. The number of esters is 2. The number of hydrogen-bond donors (Lipinski definition) is 0. The molecule has 5 heteroatoms. The van der Waals surface area contributed by atoms with Crippen LogP contribution in [-0.2, 0) is 23.8 Å². The molecule has 5 nitrogen and oxygen atoms in total. The van der Waals surface area contributed by atoms with E-state index < -0.39 is 0 Å². The maximum atomic E-state index is 11.2. The van der Waals surface area contributed by atoms with Crippen LogP contribution in [-0.4, -0.2) is 36.4 Å². The number of fused-ring (bicyclic) bond motifs is 3. The Bertz CT molecular complexity index is 447. The molecule has 3 saturated carbocycles. The summed E-state index contributed by atoms with van der Waals surface area (Å²) in [6.45, 7) is 2.91. The molecule has 0 N–H and O–H groups in total. The van der Waals surface area contributed by atoms with Crippen molar-refractivity contribution in [3.63, 3.8) is 0 Å². The van der Waals surface area contributed by atoms with Crippen LogP contribution < -0.4 is 0 Å². The molecule has 0 aromatic rings. The average molecular weight is 266 g/mol. The fraction of sp³-hybridized carbons (Fsp3) is 0.857. The van der Waals surface area contributed by atoms with E-state index in [0.29, 0.717) is 29.8 Å². The number of carbonyl (C=O) groups is 2. The van der Waals surface area contributed by atoms with Crippen molar-refractivity contribution in [2.75, 3.05) is 0 Å². The Morgan fingerprint density at radius 2 is 1.53 bits per heavy atom. The third-order valence-electron chi connectivity index (χ3n) is 5.35. The first-order valence-corrected chi connectivity index (χ1v) is 7.06. The number of rotatable bonds is 2. The Hall–Kier alpha value is -1.10. The summed E-state index contributed by atoms with van der Waals surface area (Å²) in [7, 11) is 0. The Labute approximate surface area is 111 Å². The van der Waals surface area contributed by atoms with Crippen LogP contribution in [0.3, 0.4) is 0 Å². The zero-order valence-corrected chi connectivity index (χ0v) is 11.1. The maximum Gasteiger partial charge on any atom is 0.302 e. The highest BCUT2D eigenvalue weighted by Gasteiger charge is 2.72. The lowest BCUT2D eigenvalue weighted by Crippen LogP contribution is -2.27. The summed E-state index contributed by atoms with van der Waals surface area (Å²) in [5, 5.41) is 0. The van der Waals surface area contributed by atoms with Crippen molar-refractivity contribution in [2.24, 2.45) is 23.7 Å². The summed E-state index contributed by atoms with van der Waals surface area (Å²) in [5.74, 6) is 1.23. The van der Waals surface area contributed by atoms with Crippen molar-refractivity contribution < 1.29 is 23.8 Å². The number of carbonyl (C=O) groups excluding carboxylic acids is 2. The van der Waals surface area contributed by atoms with E-state index in [9.17, 15) is 9.59 Å². The second-order valence-electron chi connectivity index (χ2n) is 6.31. The van der Waals surface area contributed by atoms with Crippen LogP contribution in [0.2, 0.25) is 0 Å². The summed E-state index contributed by atoms with van der Waals surface area (Å²) in [4.78, 5) is 22.4. The van der Waals surface area contributed by atoms with Gasteiger partial charge in [0.2, 0.25) is 0 Å². The summed E-state index contributed by atoms with van der Waals surface area (Å²) in [6, 6.07) is 0. The van der Waals surface area contributed by atoms with Gasteiger partial charge in [-0.3, -0.25) is 9.59 Å². The molecular formula is C14H18O5. The quantitative estimate of drug-likeness (QED) is 0.549. The molecule has 1 saturated heterocycles. The Morgan fingerprint density at radius 3 is 2.21 bits per heavy atom. The lowest BCUT2D eigenvalue weighted by atomic mass is 9.90. The van der Waals surface area contributed by atoms with E-state index in [4.69, 9.17) is 14.2 Å². The first-order chi connectivity index (χ1) is 9.06. The normalized spacial score (nSPS) is 52.5. The molecule has 19 heavy (non-hydrogen) atoms. The van der Waals surface area contributed by atoms with E-state index in [1.165, 1.54) is 13.8 Å². The number of hydrogen-bond acceptors (Lipinski definition) is 5. The van der Waals surface area contributed by atoms with Crippen LogP contribution in [0.25, 0.3) is 0 Å². The van der Waals surface area contributed by atoms with Crippen molar-refractivity contribution in [1.82, 2.24) is 0 Å². The van der Waals surface area contributed by atoms with Crippen LogP contribution in [0.4, 0.5) is 0 Å². The molecule has 0 aromatic heterocycles. The van der Waals surface area contributed by atoms with E-state index in [-0.39, 0.29) is 30.3 Å². The van der Waals surface area contributed by atoms with Crippen molar-refractivity contribution in [1.29, 1.82) is 0 Å². The summed E-state index contributed by atoms with van der Waals surface area (Å²) >= 11 is 0.